The van der Waals surface area contributed by atoms with Gasteiger partial charge in [-0.05, 0) is 30.6 Å². The lowest BCUT2D eigenvalue weighted by Gasteiger charge is -2.39. The molecule has 0 aliphatic heterocycles. The summed E-state index contributed by atoms with van der Waals surface area (Å²) in [4.78, 5) is 0. The van der Waals surface area contributed by atoms with E-state index in [9.17, 15) is 0 Å². The summed E-state index contributed by atoms with van der Waals surface area (Å²) in [5.41, 5.74) is 0. The molecule has 0 bridgehead atoms. The molecule has 1 unspecified atom stereocenters. The van der Waals surface area contributed by atoms with E-state index < -0.39 is 0 Å². The molecule has 11 heavy (non-hydrogen) atoms. The Bertz CT molecular complexity index is 101. The summed E-state index contributed by atoms with van der Waals surface area (Å²) in [5.74, 6) is 3.17. The molecule has 0 spiro atoms. The Balaban J connectivity index is 2.08. The third kappa shape index (κ3) is 2.21. The van der Waals surface area contributed by atoms with E-state index in [0.29, 0.717) is 0 Å². The number of rotatable bonds is 4. The standard InChI is InChI=1S/C11H22/c1-4-6-10-7-11(8-10)9(3)5-2/h9-11H,4-8H2,1-3H3. The molecule has 1 saturated carbocycles. The normalized spacial score (nSPS) is 33.0. The van der Waals surface area contributed by atoms with E-state index in [1.807, 2.05) is 0 Å². The van der Waals surface area contributed by atoms with Gasteiger partial charge in [0.15, 0.2) is 0 Å². The maximum atomic E-state index is 2.41. The summed E-state index contributed by atoms with van der Waals surface area (Å²) in [5, 5.41) is 0. The van der Waals surface area contributed by atoms with Gasteiger partial charge in [0.25, 0.3) is 0 Å². The Kier molecular flexibility index (Phi) is 3.42. The highest BCUT2D eigenvalue weighted by Crippen LogP contribution is 2.42. The molecule has 0 saturated heterocycles. The summed E-state index contributed by atoms with van der Waals surface area (Å²) < 4.78 is 0. The lowest BCUT2D eigenvalue weighted by molar-refractivity contribution is 0.122. The maximum absolute atomic E-state index is 2.41. The van der Waals surface area contributed by atoms with E-state index in [1.165, 1.54) is 32.1 Å². The molecular formula is C11H22. The molecule has 66 valence electrons. The molecule has 0 heterocycles. The minimum absolute atomic E-state index is 0.989. The van der Waals surface area contributed by atoms with E-state index in [4.69, 9.17) is 0 Å². The molecular weight excluding hydrogens is 132 g/mol. The first-order valence-corrected chi connectivity index (χ1v) is 5.27. The van der Waals surface area contributed by atoms with Crippen molar-refractivity contribution in [1.82, 2.24) is 0 Å². The monoisotopic (exact) mass is 154 g/mol. The van der Waals surface area contributed by atoms with Crippen LogP contribution in [0, 0.1) is 17.8 Å². The van der Waals surface area contributed by atoms with Gasteiger partial charge in [-0.15, -0.1) is 0 Å². The van der Waals surface area contributed by atoms with Crippen molar-refractivity contribution in [2.75, 3.05) is 0 Å². The first-order valence-electron chi connectivity index (χ1n) is 5.27. The van der Waals surface area contributed by atoms with Gasteiger partial charge in [-0.25, -0.2) is 0 Å². The van der Waals surface area contributed by atoms with Gasteiger partial charge in [0.05, 0.1) is 0 Å². The lowest BCUT2D eigenvalue weighted by Crippen LogP contribution is -2.28. The van der Waals surface area contributed by atoms with Gasteiger partial charge < -0.3 is 0 Å². The maximum Gasteiger partial charge on any atom is -0.0383 e. The molecule has 1 aliphatic carbocycles. The zero-order valence-corrected chi connectivity index (χ0v) is 8.27. The Morgan fingerprint density at radius 3 is 2.36 bits per heavy atom. The van der Waals surface area contributed by atoms with Crippen LogP contribution >= 0.6 is 0 Å². The zero-order chi connectivity index (χ0) is 8.27. The van der Waals surface area contributed by atoms with Gasteiger partial charge in [-0.3, -0.25) is 0 Å². The Morgan fingerprint density at radius 1 is 1.27 bits per heavy atom. The van der Waals surface area contributed by atoms with Crippen molar-refractivity contribution in [3.8, 4) is 0 Å². The van der Waals surface area contributed by atoms with Gasteiger partial charge in [0.2, 0.25) is 0 Å². The summed E-state index contributed by atoms with van der Waals surface area (Å²) in [6.07, 6.45) is 7.31. The molecule has 1 rings (SSSR count). The average molecular weight is 154 g/mol. The summed E-state index contributed by atoms with van der Waals surface area (Å²) in [6, 6.07) is 0. The highest BCUT2D eigenvalue weighted by atomic mass is 14.4. The SMILES string of the molecule is CCCC1CC(C(C)CC)C1. The number of hydrogen-bond donors (Lipinski definition) is 0. The van der Waals surface area contributed by atoms with Crippen LogP contribution < -0.4 is 0 Å². The van der Waals surface area contributed by atoms with Crippen LogP contribution in [0.2, 0.25) is 0 Å². The van der Waals surface area contributed by atoms with Crippen molar-refractivity contribution < 1.29 is 0 Å². The van der Waals surface area contributed by atoms with Crippen LogP contribution in [0.3, 0.4) is 0 Å². The van der Waals surface area contributed by atoms with Crippen molar-refractivity contribution >= 4 is 0 Å². The molecule has 0 nitrogen and oxygen atoms in total. The fraction of sp³-hybridized carbons (Fsp3) is 1.00. The van der Waals surface area contributed by atoms with Crippen LogP contribution in [-0.2, 0) is 0 Å². The minimum Gasteiger partial charge on any atom is -0.0654 e. The molecule has 1 aliphatic rings. The third-order valence-electron chi connectivity index (χ3n) is 3.42. The Labute approximate surface area is 71.4 Å². The van der Waals surface area contributed by atoms with E-state index in [0.717, 1.165) is 17.8 Å². The van der Waals surface area contributed by atoms with E-state index >= 15 is 0 Å². The highest BCUT2D eigenvalue weighted by Gasteiger charge is 2.30. The fourth-order valence-corrected chi connectivity index (χ4v) is 2.23. The van der Waals surface area contributed by atoms with Crippen LogP contribution in [0.4, 0.5) is 0 Å². The van der Waals surface area contributed by atoms with Crippen molar-refractivity contribution in [1.29, 1.82) is 0 Å². The average Bonchev–Trinajstić information content (AvgIpc) is 1.94. The van der Waals surface area contributed by atoms with Crippen LogP contribution in [0.25, 0.3) is 0 Å². The van der Waals surface area contributed by atoms with Gasteiger partial charge in [-0.1, -0.05) is 40.0 Å². The second kappa shape index (κ2) is 4.13. The molecule has 0 radical (unpaired) electrons. The van der Waals surface area contributed by atoms with Crippen LogP contribution in [0.5, 0.6) is 0 Å². The molecule has 0 aromatic carbocycles. The van der Waals surface area contributed by atoms with Crippen LogP contribution in [0.1, 0.15) is 52.9 Å². The molecule has 1 atom stereocenters. The van der Waals surface area contributed by atoms with Gasteiger partial charge >= 0.3 is 0 Å². The number of hydrogen-bond acceptors (Lipinski definition) is 0. The molecule has 1 fully saturated rings. The smallest absolute Gasteiger partial charge is 0.0383 e. The fourth-order valence-electron chi connectivity index (χ4n) is 2.23. The molecule has 0 aromatic heterocycles. The zero-order valence-electron chi connectivity index (χ0n) is 8.27. The highest BCUT2D eigenvalue weighted by molar-refractivity contribution is 4.81. The first-order chi connectivity index (χ1) is 5.27. The van der Waals surface area contributed by atoms with Crippen molar-refractivity contribution in [3.63, 3.8) is 0 Å². The van der Waals surface area contributed by atoms with Crippen LogP contribution in [0.15, 0.2) is 0 Å². The largest absolute Gasteiger partial charge is 0.0654 e. The van der Waals surface area contributed by atoms with Crippen molar-refractivity contribution in [2.24, 2.45) is 17.8 Å². The lowest BCUT2D eigenvalue weighted by atomic mass is 9.67. The second-order valence-electron chi connectivity index (χ2n) is 4.27. The Morgan fingerprint density at radius 2 is 1.91 bits per heavy atom. The summed E-state index contributed by atoms with van der Waals surface area (Å²) in [7, 11) is 0. The van der Waals surface area contributed by atoms with Gasteiger partial charge in [0.1, 0.15) is 0 Å². The second-order valence-corrected chi connectivity index (χ2v) is 4.27. The Hall–Kier alpha value is 0. The predicted octanol–water partition coefficient (Wildman–Crippen LogP) is 3.86. The van der Waals surface area contributed by atoms with E-state index in [1.54, 1.807) is 0 Å². The van der Waals surface area contributed by atoms with E-state index in [-0.39, 0.29) is 0 Å². The molecule has 0 heteroatoms. The quantitative estimate of drug-likeness (QED) is 0.577. The molecule has 0 amide bonds. The van der Waals surface area contributed by atoms with Crippen molar-refractivity contribution in [3.05, 3.63) is 0 Å². The van der Waals surface area contributed by atoms with Gasteiger partial charge in [-0.2, -0.15) is 0 Å². The third-order valence-corrected chi connectivity index (χ3v) is 3.42. The van der Waals surface area contributed by atoms with Crippen LogP contribution in [-0.4, -0.2) is 0 Å². The van der Waals surface area contributed by atoms with Crippen molar-refractivity contribution in [2.45, 2.75) is 52.9 Å². The molecule has 0 aromatic rings. The minimum atomic E-state index is 0.989. The summed E-state index contributed by atoms with van der Waals surface area (Å²) >= 11 is 0. The van der Waals surface area contributed by atoms with Gasteiger partial charge in [0, 0.05) is 0 Å². The topological polar surface area (TPSA) is 0 Å². The summed E-state index contributed by atoms with van der Waals surface area (Å²) in [6.45, 7) is 7.03. The predicted molar refractivity (Wildman–Crippen MR) is 50.6 cm³/mol. The molecule has 0 N–H and O–H groups in total. The van der Waals surface area contributed by atoms with E-state index in [2.05, 4.69) is 20.8 Å². The first kappa shape index (κ1) is 9.09.